The predicted molar refractivity (Wildman–Crippen MR) is 53.4 cm³/mol. The van der Waals surface area contributed by atoms with Gasteiger partial charge in [0.2, 0.25) is 0 Å². The lowest BCUT2D eigenvalue weighted by atomic mass is 10.1. The third-order valence-electron chi connectivity index (χ3n) is 2.55. The SMILES string of the molecule is CC(C)CCN(C)CC1CCN1. The molecule has 2 heteroatoms. The summed E-state index contributed by atoms with van der Waals surface area (Å²) in [5.41, 5.74) is 0. The predicted octanol–water partition coefficient (Wildman–Crippen LogP) is 1.33. The van der Waals surface area contributed by atoms with Crippen LogP contribution in [0.25, 0.3) is 0 Å². The monoisotopic (exact) mass is 170 g/mol. The Bertz CT molecular complexity index is 119. The molecule has 1 rings (SSSR count). The number of nitrogens with zero attached hydrogens (tertiary/aromatic N) is 1. The molecule has 0 bridgehead atoms. The number of hydrogen-bond acceptors (Lipinski definition) is 2. The normalized spacial score (nSPS) is 23.2. The molecule has 1 unspecified atom stereocenters. The fourth-order valence-corrected chi connectivity index (χ4v) is 1.45. The lowest BCUT2D eigenvalue weighted by Gasteiger charge is -2.31. The van der Waals surface area contributed by atoms with Gasteiger partial charge in [-0.2, -0.15) is 0 Å². The Morgan fingerprint density at radius 1 is 1.50 bits per heavy atom. The van der Waals surface area contributed by atoms with E-state index in [1.165, 1.54) is 32.5 Å². The molecule has 0 aliphatic carbocycles. The first-order valence-electron chi connectivity index (χ1n) is 5.10. The van der Waals surface area contributed by atoms with E-state index in [1.54, 1.807) is 0 Å². The Balaban J connectivity index is 1.98. The Kier molecular flexibility index (Phi) is 4.02. The zero-order chi connectivity index (χ0) is 8.97. The first-order valence-corrected chi connectivity index (χ1v) is 5.10. The van der Waals surface area contributed by atoms with Gasteiger partial charge in [0.15, 0.2) is 0 Å². The molecule has 0 spiro atoms. The zero-order valence-electron chi connectivity index (χ0n) is 8.64. The zero-order valence-corrected chi connectivity index (χ0v) is 8.64. The maximum absolute atomic E-state index is 3.42. The smallest absolute Gasteiger partial charge is 0.0206 e. The standard InChI is InChI=1S/C10H22N2/c1-9(2)5-7-12(3)8-10-4-6-11-10/h9-11H,4-8H2,1-3H3. The molecule has 1 aliphatic rings. The minimum Gasteiger partial charge on any atom is -0.313 e. The summed E-state index contributed by atoms with van der Waals surface area (Å²) >= 11 is 0. The summed E-state index contributed by atoms with van der Waals surface area (Å²) in [5, 5.41) is 3.42. The van der Waals surface area contributed by atoms with Crippen molar-refractivity contribution < 1.29 is 0 Å². The van der Waals surface area contributed by atoms with Crippen LogP contribution in [0.15, 0.2) is 0 Å². The van der Waals surface area contributed by atoms with Crippen molar-refractivity contribution in [1.29, 1.82) is 0 Å². The third kappa shape index (κ3) is 3.55. The van der Waals surface area contributed by atoms with Gasteiger partial charge in [-0.25, -0.2) is 0 Å². The fourth-order valence-electron chi connectivity index (χ4n) is 1.45. The van der Waals surface area contributed by atoms with Gasteiger partial charge in [-0.3, -0.25) is 0 Å². The molecule has 0 amide bonds. The van der Waals surface area contributed by atoms with Crippen LogP contribution in [-0.4, -0.2) is 37.6 Å². The molecule has 2 nitrogen and oxygen atoms in total. The topological polar surface area (TPSA) is 15.3 Å². The highest BCUT2D eigenvalue weighted by atomic mass is 15.1. The minimum absolute atomic E-state index is 0.780. The molecule has 1 saturated heterocycles. The summed E-state index contributed by atoms with van der Waals surface area (Å²) in [7, 11) is 2.22. The second-order valence-corrected chi connectivity index (χ2v) is 4.38. The number of nitrogens with one attached hydrogen (secondary N) is 1. The van der Waals surface area contributed by atoms with Crippen molar-refractivity contribution >= 4 is 0 Å². The fraction of sp³-hybridized carbons (Fsp3) is 1.00. The van der Waals surface area contributed by atoms with Crippen molar-refractivity contribution in [2.75, 3.05) is 26.7 Å². The average Bonchev–Trinajstić information content (AvgIpc) is 1.93. The first-order chi connectivity index (χ1) is 5.68. The molecule has 0 radical (unpaired) electrons. The van der Waals surface area contributed by atoms with Crippen LogP contribution in [-0.2, 0) is 0 Å². The number of likely N-dealkylation sites (N-methyl/N-ethyl adjacent to an activating group) is 1. The Labute approximate surface area is 76.3 Å². The Hall–Kier alpha value is -0.0800. The maximum Gasteiger partial charge on any atom is 0.0206 e. The summed E-state index contributed by atoms with van der Waals surface area (Å²) in [6.45, 7) is 8.27. The molecule has 1 heterocycles. The molecule has 0 aromatic heterocycles. The van der Waals surface area contributed by atoms with Crippen LogP contribution in [0, 0.1) is 5.92 Å². The van der Waals surface area contributed by atoms with Crippen LogP contribution in [0.3, 0.4) is 0 Å². The Morgan fingerprint density at radius 2 is 2.17 bits per heavy atom. The van der Waals surface area contributed by atoms with Gasteiger partial charge in [0, 0.05) is 12.6 Å². The molecule has 1 aliphatic heterocycles. The van der Waals surface area contributed by atoms with Gasteiger partial charge in [-0.15, -0.1) is 0 Å². The van der Waals surface area contributed by atoms with Crippen molar-refractivity contribution in [3.8, 4) is 0 Å². The van der Waals surface area contributed by atoms with Crippen LogP contribution in [0.1, 0.15) is 26.7 Å². The van der Waals surface area contributed by atoms with E-state index in [0.29, 0.717) is 0 Å². The van der Waals surface area contributed by atoms with E-state index in [4.69, 9.17) is 0 Å². The van der Waals surface area contributed by atoms with Crippen molar-refractivity contribution in [3.05, 3.63) is 0 Å². The van der Waals surface area contributed by atoms with Crippen LogP contribution < -0.4 is 5.32 Å². The van der Waals surface area contributed by atoms with Crippen molar-refractivity contribution in [2.45, 2.75) is 32.7 Å². The average molecular weight is 170 g/mol. The summed E-state index contributed by atoms with van der Waals surface area (Å²) in [4.78, 5) is 2.44. The van der Waals surface area contributed by atoms with Crippen molar-refractivity contribution in [3.63, 3.8) is 0 Å². The van der Waals surface area contributed by atoms with Crippen LogP contribution in [0.4, 0.5) is 0 Å². The van der Waals surface area contributed by atoms with E-state index in [9.17, 15) is 0 Å². The van der Waals surface area contributed by atoms with Gasteiger partial charge in [0.25, 0.3) is 0 Å². The van der Waals surface area contributed by atoms with E-state index in [-0.39, 0.29) is 0 Å². The second kappa shape index (κ2) is 4.83. The van der Waals surface area contributed by atoms with Gasteiger partial charge < -0.3 is 10.2 Å². The molecule has 0 saturated carbocycles. The highest BCUT2D eigenvalue weighted by molar-refractivity contribution is 4.79. The molecule has 0 aromatic rings. The molecular formula is C10H22N2. The molecule has 12 heavy (non-hydrogen) atoms. The van der Waals surface area contributed by atoms with Gasteiger partial charge in [0.1, 0.15) is 0 Å². The van der Waals surface area contributed by atoms with Gasteiger partial charge in [-0.05, 0) is 38.9 Å². The summed E-state index contributed by atoms with van der Waals surface area (Å²) in [6, 6.07) is 0.780. The summed E-state index contributed by atoms with van der Waals surface area (Å²) < 4.78 is 0. The molecule has 1 N–H and O–H groups in total. The molecule has 72 valence electrons. The lowest BCUT2D eigenvalue weighted by Crippen LogP contribution is -2.49. The van der Waals surface area contributed by atoms with E-state index >= 15 is 0 Å². The van der Waals surface area contributed by atoms with Crippen LogP contribution in [0.5, 0.6) is 0 Å². The minimum atomic E-state index is 0.780. The first kappa shape index (κ1) is 10.0. The van der Waals surface area contributed by atoms with Crippen molar-refractivity contribution in [2.24, 2.45) is 5.92 Å². The van der Waals surface area contributed by atoms with E-state index < -0.39 is 0 Å². The highest BCUT2D eigenvalue weighted by Crippen LogP contribution is 2.05. The highest BCUT2D eigenvalue weighted by Gasteiger charge is 2.17. The lowest BCUT2D eigenvalue weighted by molar-refractivity contribution is 0.232. The number of rotatable bonds is 5. The molecule has 1 fully saturated rings. The quantitative estimate of drug-likeness (QED) is 0.669. The number of hydrogen-bond donors (Lipinski definition) is 1. The van der Waals surface area contributed by atoms with Gasteiger partial charge in [0.05, 0.1) is 0 Å². The molecular weight excluding hydrogens is 148 g/mol. The molecule has 0 aromatic carbocycles. The van der Waals surface area contributed by atoms with E-state index in [0.717, 1.165) is 12.0 Å². The summed E-state index contributed by atoms with van der Waals surface area (Å²) in [5.74, 6) is 0.835. The van der Waals surface area contributed by atoms with Crippen LogP contribution >= 0.6 is 0 Å². The summed E-state index contributed by atoms with van der Waals surface area (Å²) in [6.07, 6.45) is 2.69. The van der Waals surface area contributed by atoms with E-state index in [2.05, 4.69) is 31.1 Å². The Morgan fingerprint density at radius 3 is 2.58 bits per heavy atom. The third-order valence-corrected chi connectivity index (χ3v) is 2.55. The van der Waals surface area contributed by atoms with Crippen molar-refractivity contribution in [1.82, 2.24) is 10.2 Å². The molecule has 1 atom stereocenters. The van der Waals surface area contributed by atoms with E-state index in [1.807, 2.05) is 0 Å². The van der Waals surface area contributed by atoms with Gasteiger partial charge in [-0.1, -0.05) is 13.8 Å². The second-order valence-electron chi connectivity index (χ2n) is 4.38. The maximum atomic E-state index is 3.42. The largest absolute Gasteiger partial charge is 0.313 e. The van der Waals surface area contributed by atoms with Crippen LogP contribution in [0.2, 0.25) is 0 Å². The van der Waals surface area contributed by atoms with Gasteiger partial charge >= 0.3 is 0 Å².